The predicted molar refractivity (Wildman–Crippen MR) is 16.2 cm³/mol. The van der Waals surface area contributed by atoms with Crippen molar-refractivity contribution in [3.8, 4) is 0 Å². The Hall–Kier alpha value is 0.00675. The van der Waals surface area contributed by atoms with E-state index in [1.54, 1.807) is 0 Å². The number of isocyanates is 2. The number of nitrogens with zero attached hydrogens (tertiary/aromatic N) is 2. The Bertz CT molecular complexity index is 119. The third kappa shape index (κ3) is 9.38. The average Bonchev–Trinajstić information content (AvgIpc) is 1.69. The Balaban J connectivity index is 0. The van der Waals surface area contributed by atoms with Gasteiger partial charge >= 0.3 is 46.8 Å². The van der Waals surface area contributed by atoms with Gasteiger partial charge in [0.1, 0.15) is 0 Å². The maximum atomic E-state index is 9.25. The smallest absolute Gasteiger partial charge is 0 e. The molecular formula is C2N2O2Zn2. The summed E-state index contributed by atoms with van der Waals surface area (Å²) in [5, 5.41) is 0. The summed E-state index contributed by atoms with van der Waals surface area (Å²) in [6.45, 7) is 0. The molecule has 6 heteroatoms. The molecule has 0 aromatic carbocycles. The largest absolute Gasteiger partial charge is 0 e. The zero-order valence-corrected chi connectivity index (χ0v) is 10.1. The van der Waals surface area contributed by atoms with Crippen LogP contribution in [0.15, 0.2) is 7.47 Å². The van der Waals surface area contributed by atoms with E-state index in [-0.39, 0.29) is 19.5 Å². The first kappa shape index (κ1) is 10.9. The van der Waals surface area contributed by atoms with Gasteiger partial charge in [-0.3, -0.25) is 0 Å². The molecule has 0 aliphatic heterocycles. The molecule has 0 aliphatic carbocycles. The molecule has 0 radical (unpaired) electrons. The first-order valence-corrected chi connectivity index (χ1v) is 4.14. The molecule has 0 spiro atoms. The van der Waals surface area contributed by atoms with Gasteiger partial charge in [0.25, 0.3) is 0 Å². The molecule has 0 aliphatic rings. The van der Waals surface area contributed by atoms with Gasteiger partial charge in [-0.15, -0.1) is 0 Å². The van der Waals surface area contributed by atoms with Gasteiger partial charge in [-0.25, -0.2) is 0 Å². The van der Waals surface area contributed by atoms with Crippen molar-refractivity contribution in [3.63, 3.8) is 0 Å². The maximum absolute atomic E-state index is 9.25. The normalized spacial score (nSPS) is 4.00. The predicted octanol–water partition coefficient (Wildman–Crippen LogP) is -0.432. The van der Waals surface area contributed by atoms with Crippen LogP contribution in [0.2, 0.25) is 0 Å². The van der Waals surface area contributed by atoms with Crippen molar-refractivity contribution in [3.05, 3.63) is 0 Å². The van der Waals surface area contributed by atoms with E-state index in [0.29, 0.717) is 0 Å². The van der Waals surface area contributed by atoms with Crippen molar-refractivity contribution in [2.24, 2.45) is 7.47 Å². The molecule has 0 saturated carbocycles. The summed E-state index contributed by atoms with van der Waals surface area (Å²) in [4.78, 5) is 18.5. The Labute approximate surface area is 66.3 Å². The molecule has 0 heterocycles. The van der Waals surface area contributed by atoms with Gasteiger partial charge < -0.3 is 0 Å². The monoisotopic (exact) mass is 212 g/mol. The van der Waals surface area contributed by atoms with Crippen LogP contribution in [-0.2, 0) is 46.7 Å². The molecule has 0 aromatic heterocycles. The molecule has 0 bridgehead atoms. The second-order valence-electron chi connectivity index (χ2n) is 0.640. The summed E-state index contributed by atoms with van der Waals surface area (Å²) >= 11 is -1.55. The van der Waals surface area contributed by atoms with Gasteiger partial charge in [-0.1, -0.05) is 0 Å². The molecule has 0 unspecified atom stereocenters. The standard InChI is InChI=1S/2CNO.2Zn/c2*2-1-3;;/q2*-1;;+2. The van der Waals surface area contributed by atoms with E-state index < -0.39 is 17.6 Å². The fourth-order valence-corrected chi connectivity index (χ4v) is 0.484. The molecule has 8 heavy (non-hydrogen) atoms. The van der Waals surface area contributed by atoms with E-state index in [1.165, 1.54) is 12.2 Å². The van der Waals surface area contributed by atoms with Crippen molar-refractivity contribution in [1.29, 1.82) is 0 Å². The van der Waals surface area contributed by atoms with Crippen molar-refractivity contribution >= 4 is 12.2 Å². The molecular weight excluding hydrogens is 215 g/mol. The average molecular weight is 215 g/mol. The summed E-state index contributed by atoms with van der Waals surface area (Å²) in [5.41, 5.74) is 0. The maximum Gasteiger partial charge on any atom is 0 e. The van der Waals surface area contributed by atoms with Crippen LogP contribution >= 0.6 is 0 Å². The van der Waals surface area contributed by atoms with Gasteiger partial charge in [0.15, 0.2) is 0 Å². The zero-order valence-electron chi connectivity index (χ0n) is 4.13. The number of carbonyl (C=O) groups excluding carboxylic acids is 2. The SMILES string of the molecule is O=C=[N][Zn][N]=C=O.[Zn]. The topological polar surface area (TPSA) is 58.9 Å². The summed E-state index contributed by atoms with van der Waals surface area (Å²) in [5.74, 6) is 0. The summed E-state index contributed by atoms with van der Waals surface area (Å²) in [6, 6.07) is 0. The van der Waals surface area contributed by atoms with Crippen LogP contribution in [0.25, 0.3) is 0 Å². The Morgan fingerprint density at radius 1 is 1.12 bits per heavy atom. The van der Waals surface area contributed by atoms with Gasteiger partial charge in [-0.05, 0) is 0 Å². The van der Waals surface area contributed by atoms with Crippen molar-refractivity contribution < 1.29 is 46.7 Å². The molecule has 34 valence electrons. The van der Waals surface area contributed by atoms with Crippen LogP contribution in [-0.4, -0.2) is 12.2 Å². The van der Waals surface area contributed by atoms with Gasteiger partial charge in [-0.2, -0.15) is 0 Å². The number of hydrogen-bond acceptors (Lipinski definition) is 4. The minimum absolute atomic E-state index is 0. The molecule has 0 amide bonds. The van der Waals surface area contributed by atoms with E-state index in [4.69, 9.17) is 0 Å². The van der Waals surface area contributed by atoms with Gasteiger partial charge in [0.05, 0.1) is 0 Å². The van der Waals surface area contributed by atoms with E-state index in [0.717, 1.165) is 0 Å². The van der Waals surface area contributed by atoms with Gasteiger partial charge in [0, 0.05) is 19.5 Å². The Morgan fingerprint density at radius 2 is 1.50 bits per heavy atom. The minimum Gasteiger partial charge on any atom is 0 e. The second-order valence-corrected chi connectivity index (χ2v) is 2.56. The fourth-order valence-electron chi connectivity index (χ4n) is 0.0931. The molecule has 0 atom stereocenters. The minimum atomic E-state index is -1.55. The number of hydrogen-bond donors (Lipinski definition) is 0. The molecule has 0 aromatic rings. The molecule has 0 rings (SSSR count). The van der Waals surface area contributed by atoms with E-state index in [2.05, 4.69) is 7.47 Å². The quantitative estimate of drug-likeness (QED) is 0.356. The van der Waals surface area contributed by atoms with Crippen molar-refractivity contribution in [2.75, 3.05) is 0 Å². The van der Waals surface area contributed by atoms with E-state index in [9.17, 15) is 9.59 Å². The third-order valence-corrected chi connectivity index (χ3v) is 1.41. The van der Waals surface area contributed by atoms with E-state index in [1.807, 2.05) is 0 Å². The summed E-state index contributed by atoms with van der Waals surface area (Å²) in [7, 11) is 0. The number of rotatable bonds is 2. The molecule has 0 saturated heterocycles. The first-order chi connectivity index (χ1) is 3.41. The molecule has 0 fully saturated rings. The van der Waals surface area contributed by atoms with Crippen LogP contribution in [0.1, 0.15) is 0 Å². The van der Waals surface area contributed by atoms with Crippen LogP contribution in [0.3, 0.4) is 0 Å². The van der Waals surface area contributed by atoms with E-state index >= 15 is 0 Å². The van der Waals surface area contributed by atoms with Crippen molar-refractivity contribution in [1.82, 2.24) is 0 Å². The van der Waals surface area contributed by atoms with Crippen LogP contribution in [0.4, 0.5) is 0 Å². The van der Waals surface area contributed by atoms with Gasteiger partial charge in [0.2, 0.25) is 0 Å². The second kappa shape index (κ2) is 10.1. The summed E-state index contributed by atoms with van der Waals surface area (Å²) in [6.07, 6.45) is 2.58. The van der Waals surface area contributed by atoms with Crippen LogP contribution in [0.5, 0.6) is 0 Å². The zero-order chi connectivity index (χ0) is 5.54. The summed E-state index contributed by atoms with van der Waals surface area (Å²) < 4.78 is 6.23. The van der Waals surface area contributed by atoms with Crippen LogP contribution in [0, 0.1) is 0 Å². The molecule has 0 N–H and O–H groups in total. The first-order valence-electron chi connectivity index (χ1n) is 1.49. The Morgan fingerprint density at radius 3 is 1.75 bits per heavy atom. The molecule has 4 nitrogen and oxygen atoms in total. The Kier molecular flexibility index (Phi) is 13.7. The third-order valence-electron chi connectivity index (χ3n) is 0.271. The van der Waals surface area contributed by atoms with Crippen molar-refractivity contribution in [2.45, 2.75) is 0 Å². The van der Waals surface area contributed by atoms with Crippen LogP contribution < -0.4 is 0 Å². The fraction of sp³-hybridized carbons (Fsp3) is 0.